The molecule has 0 amide bonds. The molecule has 0 bridgehead atoms. The average Bonchev–Trinajstić information content (AvgIpc) is 2.66. The van der Waals surface area contributed by atoms with Crippen LogP contribution in [0.25, 0.3) is 10.4 Å². The van der Waals surface area contributed by atoms with Gasteiger partial charge in [-0.05, 0) is 29.2 Å². The maximum Gasteiger partial charge on any atom is 0.302 e. The fraction of sp³-hybridized carbons (Fsp3) is 0.667. The van der Waals surface area contributed by atoms with E-state index in [0.29, 0.717) is 6.61 Å². The number of carbonyl (C=O) groups is 1. The van der Waals surface area contributed by atoms with Gasteiger partial charge in [-0.15, -0.1) is 0 Å². The molecule has 1 aliphatic rings. The van der Waals surface area contributed by atoms with Gasteiger partial charge in [0.2, 0.25) is 0 Å². The number of esters is 1. The highest BCUT2D eigenvalue weighted by Gasteiger charge is 2.48. The Labute approximate surface area is 179 Å². The molecule has 1 aromatic rings. The van der Waals surface area contributed by atoms with Crippen molar-refractivity contribution in [2.45, 2.75) is 76.8 Å². The Morgan fingerprint density at radius 1 is 1.27 bits per heavy atom. The first-order valence-electron chi connectivity index (χ1n) is 10.2. The molecule has 1 saturated heterocycles. The Morgan fingerprint density at radius 3 is 2.50 bits per heavy atom. The van der Waals surface area contributed by atoms with Crippen LogP contribution in [-0.4, -0.2) is 51.9 Å². The normalized spacial score (nSPS) is 24.7. The Kier molecular flexibility index (Phi) is 8.46. The molecule has 8 nitrogen and oxygen atoms in total. The van der Waals surface area contributed by atoms with Crippen molar-refractivity contribution in [3.8, 4) is 0 Å². The van der Waals surface area contributed by atoms with Crippen LogP contribution in [0.4, 0.5) is 0 Å². The number of ether oxygens (including phenoxy) is 3. The largest absolute Gasteiger partial charge is 0.463 e. The van der Waals surface area contributed by atoms with Gasteiger partial charge in [-0.1, -0.05) is 56.2 Å². The van der Waals surface area contributed by atoms with Gasteiger partial charge in [-0.3, -0.25) is 4.79 Å². The van der Waals surface area contributed by atoms with Crippen molar-refractivity contribution in [3.63, 3.8) is 0 Å². The summed E-state index contributed by atoms with van der Waals surface area (Å²) in [5.41, 5.74) is 10.1. The molecule has 2 rings (SSSR count). The van der Waals surface area contributed by atoms with Crippen LogP contribution in [0.2, 0.25) is 18.1 Å². The van der Waals surface area contributed by atoms with Crippen LogP contribution < -0.4 is 0 Å². The van der Waals surface area contributed by atoms with Gasteiger partial charge in [-0.2, -0.15) is 0 Å². The van der Waals surface area contributed by atoms with Crippen molar-refractivity contribution in [2.24, 2.45) is 5.11 Å². The summed E-state index contributed by atoms with van der Waals surface area (Å²) in [7, 11) is -2.23. The van der Waals surface area contributed by atoms with Crippen LogP contribution in [0.5, 0.6) is 0 Å². The summed E-state index contributed by atoms with van der Waals surface area (Å²) in [4.78, 5) is 14.4. The molecule has 0 spiro atoms. The topological polar surface area (TPSA) is 103 Å². The van der Waals surface area contributed by atoms with Gasteiger partial charge in [-0.25, -0.2) is 0 Å². The molecular formula is C21H33N3O5Si. The van der Waals surface area contributed by atoms with E-state index in [9.17, 15) is 4.79 Å². The van der Waals surface area contributed by atoms with Gasteiger partial charge >= 0.3 is 5.97 Å². The number of rotatable bonds is 8. The van der Waals surface area contributed by atoms with E-state index in [2.05, 4.69) is 43.9 Å². The molecule has 1 heterocycles. The Bertz CT molecular complexity index is 747. The summed E-state index contributed by atoms with van der Waals surface area (Å²) >= 11 is 0. The molecule has 1 aromatic carbocycles. The molecule has 9 heteroatoms. The monoisotopic (exact) mass is 435 g/mol. The second kappa shape index (κ2) is 10.4. The highest BCUT2D eigenvalue weighted by molar-refractivity contribution is 6.74. The smallest absolute Gasteiger partial charge is 0.302 e. The number of hydrogen-bond acceptors (Lipinski definition) is 6. The predicted molar refractivity (Wildman–Crippen MR) is 116 cm³/mol. The van der Waals surface area contributed by atoms with E-state index in [1.807, 2.05) is 30.3 Å². The zero-order chi connectivity index (χ0) is 22.4. The lowest BCUT2D eigenvalue weighted by atomic mass is 9.98. The zero-order valence-corrected chi connectivity index (χ0v) is 19.7. The average molecular weight is 436 g/mol. The fourth-order valence-corrected chi connectivity index (χ4v) is 4.30. The number of nitrogens with zero attached hydrogens (tertiary/aromatic N) is 3. The maximum absolute atomic E-state index is 11.4. The van der Waals surface area contributed by atoms with Gasteiger partial charge in [0.15, 0.2) is 8.32 Å². The Morgan fingerprint density at radius 2 is 1.93 bits per heavy atom. The Hall–Kier alpha value is -1.90. The van der Waals surface area contributed by atoms with Crippen LogP contribution in [0.15, 0.2) is 35.4 Å². The molecule has 0 radical (unpaired) electrons. The van der Waals surface area contributed by atoms with Gasteiger partial charge < -0.3 is 18.6 Å². The third kappa shape index (κ3) is 6.55. The van der Waals surface area contributed by atoms with Crippen molar-refractivity contribution in [1.29, 1.82) is 0 Å². The van der Waals surface area contributed by atoms with Crippen molar-refractivity contribution in [3.05, 3.63) is 46.3 Å². The highest BCUT2D eigenvalue weighted by atomic mass is 28.4. The number of carbonyl (C=O) groups excluding carboxylic acids is 1. The third-order valence-corrected chi connectivity index (χ3v) is 10.2. The molecule has 0 saturated carbocycles. The summed E-state index contributed by atoms with van der Waals surface area (Å²) in [5, 5.41) is 3.86. The predicted octanol–water partition coefficient (Wildman–Crippen LogP) is 4.60. The van der Waals surface area contributed by atoms with Gasteiger partial charge in [0.25, 0.3) is 0 Å². The van der Waals surface area contributed by atoms with Crippen LogP contribution >= 0.6 is 0 Å². The molecule has 0 N–H and O–H groups in total. The lowest BCUT2D eigenvalue weighted by molar-refractivity contribution is -0.181. The lowest BCUT2D eigenvalue weighted by Gasteiger charge is -2.47. The third-order valence-electron chi connectivity index (χ3n) is 5.72. The molecule has 0 aromatic heterocycles. The second-order valence-corrected chi connectivity index (χ2v) is 13.8. The van der Waals surface area contributed by atoms with Crippen LogP contribution in [-0.2, 0) is 30.0 Å². The van der Waals surface area contributed by atoms with Gasteiger partial charge in [0, 0.05) is 11.8 Å². The number of azide groups is 1. The standard InChI is InChI=1S/C21H33N3O5Si/c1-15(25)26-14-18-20(29-30(5,6)21(2,3)4)19(17(13-27-18)23-24-22)28-12-16-10-8-7-9-11-16/h7-11,17-20H,12-14H2,1-6H3/t17-,18+,19+,20+/m0/s1. The van der Waals surface area contributed by atoms with Crippen molar-refractivity contribution in [2.75, 3.05) is 13.2 Å². The first kappa shape index (κ1) is 24.4. The van der Waals surface area contributed by atoms with Crippen molar-refractivity contribution >= 4 is 14.3 Å². The van der Waals surface area contributed by atoms with Crippen LogP contribution in [0.1, 0.15) is 33.3 Å². The van der Waals surface area contributed by atoms with Gasteiger partial charge in [0.05, 0.1) is 25.4 Å². The second-order valence-electron chi connectivity index (χ2n) is 9.05. The summed E-state index contributed by atoms with van der Waals surface area (Å²) in [6.45, 7) is 12.7. The summed E-state index contributed by atoms with van der Waals surface area (Å²) in [5.74, 6) is -0.386. The fourth-order valence-electron chi connectivity index (χ4n) is 2.98. The lowest BCUT2D eigenvalue weighted by Crippen LogP contribution is -2.60. The molecule has 1 fully saturated rings. The number of benzene rings is 1. The SMILES string of the molecule is CC(=O)OC[C@H]1OC[C@H](N=[N+]=[N-])[C@@H](OCc2ccccc2)[C@@H]1O[Si](C)(C)C(C)(C)C. The van der Waals surface area contributed by atoms with Crippen LogP contribution in [0, 0.1) is 0 Å². The van der Waals surface area contributed by atoms with Gasteiger partial charge in [0.1, 0.15) is 18.8 Å². The van der Waals surface area contributed by atoms with E-state index in [1.54, 1.807) is 0 Å². The van der Waals surface area contributed by atoms with Crippen molar-refractivity contribution in [1.82, 2.24) is 0 Å². The van der Waals surface area contributed by atoms with Crippen LogP contribution in [0.3, 0.4) is 0 Å². The molecule has 1 aliphatic heterocycles. The number of hydrogen-bond donors (Lipinski definition) is 0. The minimum atomic E-state index is -2.23. The van der Waals surface area contributed by atoms with E-state index >= 15 is 0 Å². The molecule has 30 heavy (non-hydrogen) atoms. The minimum absolute atomic E-state index is 0.0472. The molecular weight excluding hydrogens is 402 g/mol. The van der Waals surface area contributed by atoms with E-state index < -0.39 is 32.7 Å². The first-order chi connectivity index (χ1) is 14.0. The minimum Gasteiger partial charge on any atom is -0.463 e. The van der Waals surface area contributed by atoms with E-state index in [1.165, 1.54) is 6.92 Å². The Balaban J connectivity index is 2.32. The zero-order valence-electron chi connectivity index (χ0n) is 18.7. The highest BCUT2D eigenvalue weighted by Crippen LogP contribution is 2.39. The molecule has 0 aliphatic carbocycles. The van der Waals surface area contributed by atoms with E-state index in [4.69, 9.17) is 24.2 Å². The van der Waals surface area contributed by atoms with E-state index in [-0.39, 0.29) is 24.2 Å². The summed E-state index contributed by atoms with van der Waals surface area (Å²) in [6, 6.07) is 9.24. The molecule has 166 valence electrons. The quantitative estimate of drug-likeness (QED) is 0.195. The summed E-state index contributed by atoms with van der Waals surface area (Å²) in [6.07, 6.45) is -1.56. The van der Waals surface area contributed by atoms with Crippen molar-refractivity contribution < 1.29 is 23.4 Å². The molecule has 4 atom stereocenters. The summed E-state index contributed by atoms with van der Waals surface area (Å²) < 4.78 is 24.1. The maximum atomic E-state index is 11.4. The first-order valence-corrected chi connectivity index (χ1v) is 13.1. The molecule has 0 unspecified atom stereocenters. The van der Waals surface area contributed by atoms with E-state index in [0.717, 1.165) is 5.56 Å².